The van der Waals surface area contributed by atoms with Crippen LogP contribution in [-0.4, -0.2) is 32.5 Å². The number of amides is 1. The first-order valence-electron chi connectivity index (χ1n) is 6.17. The van der Waals surface area contributed by atoms with Crippen molar-refractivity contribution in [3.8, 4) is 11.5 Å². The Morgan fingerprint density at radius 3 is 3.05 bits per heavy atom. The Bertz CT molecular complexity index is 530. The minimum Gasteiger partial charge on any atom is -0.454 e. The zero-order chi connectivity index (χ0) is 14.5. The third-order valence-electron chi connectivity index (χ3n) is 2.57. The molecule has 1 N–H and O–H groups in total. The summed E-state index contributed by atoms with van der Waals surface area (Å²) in [5.74, 6) is 0.735. The molecule has 6 heteroatoms. The van der Waals surface area contributed by atoms with E-state index in [4.69, 9.17) is 25.8 Å². The van der Waals surface area contributed by atoms with Gasteiger partial charge in [-0.2, -0.15) is 0 Å². The number of rotatable bonds is 6. The average Bonchev–Trinajstić information content (AvgIpc) is 2.86. The second kappa shape index (κ2) is 6.63. The maximum absolute atomic E-state index is 12.0. The second-order valence-corrected chi connectivity index (χ2v) is 4.86. The molecule has 0 spiro atoms. The predicted molar refractivity (Wildman–Crippen MR) is 75.5 cm³/mol. The number of nitrogens with one attached hydrogen (secondary N) is 1. The smallest absolute Gasteiger partial charge is 0.251 e. The van der Waals surface area contributed by atoms with Gasteiger partial charge in [0.05, 0.1) is 18.2 Å². The van der Waals surface area contributed by atoms with Gasteiger partial charge < -0.3 is 19.5 Å². The van der Waals surface area contributed by atoms with E-state index in [1.54, 1.807) is 12.1 Å². The lowest BCUT2D eigenvalue weighted by atomic mass is 10.2. The first-order chi connectivity index (χ1) is 9.58. The molecule has 1 aromatic rings. The van der Waals surface area contributed by atoms with Gasteiger partial charge in [0, 0.05) is 12.1 Å². The largest absolute Gasteiger partial charge is 0.454 e. The van der Waals surface area contributed by atoms with E-state index in [0.29, 0.717) is 41.8 Å². The molecule has 0 saturated carbocycles. The second-order valence-electron chi connectivity index (χ2n) is 4.46. The molecule has 1 aromatic carbocycles. The van der Waals surface area contributed by atoms with Crippen molar-refractivity contribution in [1.82, 2.24) is 5.32 Å². The summed E-state index contributed by atoms with van der Waals surface area (Å²) >= 11 is 6.02. The molecule has 108 valence electrons. The molecule has 20 heavy (non-hydrogen) atoms. The Morgan fingerprint density at radius 2 is 2.30 bits per heavy atom. The van der Waals surface area contributed by atoms with Crippen LogP contribution in [0.2, 0.25) is 5.02 Å². The van der Waals surface area contributed by atoms with Gasteiger partial charge in [-0.3, -0.25) is 4.79 Å². The molecule has 0 saturated heterocycles. The molecule has 0 aliphatic carbocycles. The monoisotopic (exact) mass is 297 g/mol. The van der Waals surface area contributed by atoms with E-state index < -0.39 is 0 Å². The molecule has 0 atom stereocenters. The fourth-order valence-corrected chi connectivity index (χ4v) is 1.95. The van der Waals surface area contributed by atoms with Crippen molar-refractivity contribution in [3.63, 3.8) is 0 Å². The van der Waals surface area contributed by atoms with E-state index in [1.807, 2.05) is 6.92 Å². The summed E-state index contributed by atoms with van der Waals surface area (Å²) < 4.78 is 15.7. The molecule has 1 aliphatic rings. The first-order valence-corrected chi connectivity index (χ1v) is 6.55. The molecule has 0 radical (unpaired) electrons. The third kappa shape index (κ3) is 3.65. The number of hydrogen-bond acceptors (Lipinski definition) is 4. The Hall–Kier alpha value is -1.72. The van der Waals surface area contributed by atoms with E-state index >= 15 is 0 Å². The molecule has 0 bridgehead atoms. The van der Waals surface area contributed by atoms with Crippen LogP contribution in [0, 0.1) is 0 Å². The zero-order valence-corrected chi connectivity index (χ0v) is 12.0. The Kier molecular flexibility index (Phi) is 4.87. The summed E-state index contributed by atoms with van der Waals surface area (Å²) in [5, 5.41) is 3.11. The van der Waals surface area contributed by atoms with Gasteiger partial charge in [-0.05, 0) is 19.1 Å². The van der Waals surface area contributed by atoms with Crippen LogP contribution < -0.4 is 14.8 Å². The molecule has 0 unspecified atom stereocenters. The average molecular weight is 298 g/mol. The van der Waals surface area contributed by atoms with E-state index in [0.717, 1.165) is 5.57 Å². The maximum atomic E-state index is 12.0. The quantitative estimate of drug-likeness (QED) is 0.647. The highest BCUT2D eigenvalue weighted by molar-refractivity contribution is 6.32. The van der Waals surface area contributed by atoms with Crippen molar-refractivity contribution in [2.75, 3.05) is 26.6 Å². The summed E-state index contributed by atoms with van der Waals surface area (Å²) in [6.45, 7) is 7.06. The van der Waals surface area contributed by atoms with Crippen molar-refractivity contribution >= 4 is 17.5 Å². The summed E-state index contributed by atoms with van der Waals surface area (Å²) in [6.07, 6.45) is 0. The third-order valence-corrected chi connectivity index (χ3v) is 2.85. The lowest BCUT2D eigenvalue weighted by molar-refractivity contribution is 0.0926. The van der Waals surface area contributed by atoms with Crippen molar-refractivity contribution in [3.05, 3.63) is 34.9 Å². The van der Waals surface area contributed by atoms with Crippen molar-refractivity contribution in [2.24, 2.45) is 0 Å². The lowest BCUT2D eigenvalue weighted by Crippen LogP contribution is -2.27. The molecule has 5 nitrogen and oxygen atoms in total. The van der Waals surface area contributed by atoms with Crippen LogP contribution in [0.3, 0.4) is 0 Å². The molecule has 1 aliphatic heterocycles. The topological polar surface area (TPSA) is 56.8 Å². The molecule has 2 rings (SSSR count). The maximum Gasteiger partial charge on any atom is 0.251 e. The number of fused-ring (bicyclic) bond motifs is 1. The van der Waals surface area contributed by atoms with Crippen molar-refractivity contribution < 1.29 is 19.0 Å². The summed E-state index contributed by atoms with van der Waals surface area (Å²) in [6, 6.07) is 3.16. The van der Waals surface area contributed by atoms with E-state index in [1.165, 1.54) is 0 Å². The highest BCUT2D eigenvalue weighted by Gasteiger charge is 2.20. The fraction of sp³-hybridized carbons (Fsp3) is 0.357. The summed E-state index contributed by atoms with van der Waals surface area (Å²) in [4.78, 5) is 12.0. The van der Waals surface area contributed by atoms with Crippen LogP contribution in [0.4, 0.5) is 0 Å². The van der Waals surface area contributed by atoms with E-state index in [2.05, 4.69) is 11.9 Å². The van der Waals surface area contributed by atoms with Gasteiger partial charge in [0.1, 0.15) is 0 Å². The summed E-state index contributed by atoms with van der Waals surface area (Å²) in [5.41, 5.74) is 1.37. The van der Waals surface area contributed by atoms with Crippen molar-refractivity contribution in [2.45, 2.75) is 6.92 Å². The number of hydrogen-bond donors (Lipinski definition) is 1. The van der Waals surface area contributed by atoms with Gasteiger partial charge in [0.25, 0.3) is 5.91 Å². The van der Waals surface area contributed by atoms with Gasteiger partial charge in [0.15, 0.2) is 11.5 Å². The number of carbonyl (C=O) groups is 1. The molecule has 1 amide bonds. The van der Waals surface area contributed by atoms with Crippen LogP contribution in [0.1, 0.15) is 17.3 Å². The molecule has 0 fully saturated rings. The molecule has 1 heterocycles. The lowest BCUT2D eigenvalue weighted by Gasteiger charge is -2.07. The van der Waals surface area contributed by atoms with Crippen LogP contribution >= 0.6 is 11.6 Å². The fourth-order valence-electron chi connectivity index (χ4n) is 1.68. The minimum absolute atomic E-state index is 0.120. The normalized spacial score (nSPS) is 12.3. The van der Waals surface area contributed by atoms with Crippen LogP contribution in [0.5, 0.6) is 11.5 Å². The highest BCUT2D eigenvalue weighted by Crippen LogP contribution is 2.39. The van der Waals surface area contributed by atoms with Gasteiger partial charge >= 0.3 is 0 Å². The predicted octanol–water partition coefficient (Wildman–Crippen LogP) is 2.39. The zero-order valence-electron chi connectivity index (χ0n) is 11.2. The van der Waals surface area contributed by atoms with Gasteiger partial charge in [0.2, 0.25) is 6.79 Å². The van der Waals surface area contributed by atoms with Gasteiger partial charge in [-0.25, -0.2) is 0 Å². The number of ether oxygens (including phenoxy) is 3. The van der Waals surface area contributed by atoms with E-state index in [9.17, 15) is 4.79 Å². The molecule has 0 aromatic heterocycles. The first kappa shape index (κ1) is 14.7. The van der Waals surface area contributed by atoms with Crippen molar-refractivity contribution in [1.29, 1.82) is 0 Å². The van der Waals surface area contributed by atoms with Crippen LogP contribution in [0.15, 0.2) is 24.3 Å². The highest BCUT2D eigenvalue weighted by atomic mass is 35.5. The molecular weight excluding hydrogens is 282 g/mol. The number of benzene rings is 1. The Labute approximate surface area is 122 Å². The minimum atomic E-state index is -0.232. The van der Waals surface area contributed by atoms with Crippen LogP contribution in [0.25, 0.3) is 0 Å². The molecular formula is C14H16ClNO4. The Morgan fingerprint density at radius 1 is 1.50 bits per heavy atom. The van der Waals surface area contributed by atoms with Crippen LogP contribution in [-0.2, 0) is 4.74 Å². The Balaban J connectivity index is 1.87. The standard InChI is InChI=1S/C14H16ClNO4/c1-9(2)7-18-4-3-16-14(17)10-5-11(15)13-12(6-10)19-8-20-13/h5-6H,1,3-4,7-8H2,2H3,(H,16,17). The van der Waals surface area contributed by atoms with E-state index in [-0.39, 0.29) is 12.7 Å². The van der Waals surface area contributed by atoms with Gasteiger partial charge in [-0.15, -0.1) is 0 Å². The number of carbonyl (C=O) groups excluding carboxylic acids is 1. The number of halogens is 1. The SMILES string of the molecule is C=C(C)COCCNC(=O)c1cc(Cl)c2c(c1)OCO2. The summed E-state index contributed by atoms with van der Waals surface area (Å²) in [7, 11) is 0. The van der Waals surface area contributed by atoms with Gasteiger partial charge in [-0.1, -0.05) is 23.8 Å².